The highest BCUT2D eigenvalue weighted by atomic mass is 32.2. The molecule has 0 radical (unpaired) electrons. The number of carboxylic acids is 1. The van der Waals surface area contributed by atoms with E-state index in [1.807, 2.05) is 0 Å². The first-order chi connectivity index (χ1) is 11.7. The van der Waals surface area contributed by atoms with E-state index in [4.69, 9.17) is 5.11 Å². The Kier molecular flexibility index (Phi) is 9.30. The van der Waals surface area contributed by atoms with Gasteiger partial charge in [0.15, 0.2) is 0 Å². The largest absolute Gasteiger partial charge is 0.481 e. The predicted octanol–water partition coefficient (Wildman–Crippen LogP) is 6.16. The maximum absolute atomic E-state index is 10.5. The van der Waals surface area contributed by atoms with E-state index in [2.05, 4.69) is 30.8 Å². The molecule has 0 heterocycles. The Hall–Kier alpha value is -0.440. The highest BCUT2D eigenvalue weighted by molar-refractivity contribution is 7.99. The highest BCUT2D eigenvalue weighted by Gasteiger charge is 2.46. The van der Waals surface area contributed by atoms with Gasteiger partial charge in [0.05, 0.1) is 0 Å². The first kappa shape index (κ1) is 19.9. The van der Waals surface area contributed by atoms with Crippen LogP contribution in [0.4, 0.5) is 0 Å². The second-order valence-corrected chi connectivity index (χ2v) is 8.94. The van der Waals surface area contributed by atoms with E-state index in [0.29, 0.717) is 6.42 Å². The molecule has 0 aromatic carbocycles. The number of rotatable bonds is 13. The van der Waals surface area contributed by atoms with Crippen molar-refractivity contribution in [3.8, 4) is 0 Å². The molecule has 0 aromatic heterocycles. The van der Waals surface area contributed by atoms with E-state index in [9.17, 15) is 4.79 Å². The maximum atomic E-state index is 10.5. The van der Waals surface area contributed by atoms with Gasteiger partial charge in [-0.2, -0.15) is 11.8 Å². The summed E-state index contributed by atoms with van der Waals surface area (Å²) in [6.07, 6.45) is 17.8. The molecule has 2 aliphatic carbocycles. The molecule has 0 amide bonds. The van der Waals surface area contributed by atoms with Gasteiger partial charge in [-0.15, -0.1) is 0 Å². The average molecular weight is 353 g/mol. The molecule has 0 aromatic rings. The average Bonchev–Trinajstić information content (AvgIpc) is 3.15. The van der Waals surface area contributed by atoms with Crippen molar-refractivity contribution < 1.29 is 9.90 Å². The van der Waals surface area contributed by atoms with Crippen molar-refractivity contribution in [2.24, 2.45) is 23.7 Å². The quantitative estimate of drug-likeness (QED) is 0.318. The number of fused-ring (bicyclic) bond motifs is 2. The molecular formula is C21H36O2S. The second kappa shape index (κ2) is 11.2. The number of allylic oxidation sites excluding steroid dienone is 2. The third-order valence-electron chi connectivity index (χ3n) is 6.06. The van der Waals surface area contributed by atoms with Crippen LogP contribution in [0.5, 0.6) is 0 Å². The van der Waals surface area contributed by atoms with E-state index in [1.54, 1.807) is 0 Å². The Bertz CT molecular complexity index is 393. The first-order valence-electron chi connectivity index (χ1n) is 10.2. The first-order valence-corrected chi connectivity index (χ1v) is 11.3. The SMILES string of the molecule is CCCCCCSC[C@H]1[C@H]2CC[C@H](C2)[C@H]1CC=CCCCC(=O)O. The summed E-state index contributed by atoms with van der Waals surface area (Å²) in [4.78, 5) is 10.5. The molecule has 2 fully saturated rings. The summed E-state index contributed by atoms with van der Waals surface area (Å²) in [5, 5.41) is 8.67. The lowest BCUT2D eigenvalue weighted by Gasteiger charge is -2.30. The molecule has 1 N–H and O–H groups in total. The minimum Gasteiger partial charge on any atom is -0.481 e. The lowest BCUT2D eigenvalue weighted by atomic mass is 9.78. The Balaban J connectivity index is 1.65. The molecule has 138 valence electrons. The van der Waals surface area contributed by atoms with Gasteiger partial charge >= 0.3 is 5.97 Å². The fourth-order valence-corrected chi connectivity index (χ4v) is 6.12. The summed E-state index contributed by atoms with van der Waals surface area (Å²) in [6.45, 7) is 2.28. The van der Waals surface area contributed by atoms with Crippen LogP contribution in [0, 0.1) is 23.7 Å². The van der Waals surface area contributed by atoms with Crippen molar-refractivity contribution in [1.29, 1.82) is 0 Å². The fourth-order valence-electron chi connectivity index (χ4n) is 4.75. The van der Waals surface area contributed by atoms with Gasteiger partial charge in [0.25, 0.3) is 0 Å². The third kappa shape index (κ3) is 6.46. The number of aliphatic carboxylic acids is 1. The van der Waals surface area contributed by atoms with Crippen LogP contribution in [0.1, 0.15) is 77.6 Å². The third-order valence-corrected chi connectivity index (χ3v) is 7.26. The molecule has 0 saturated heterocycles. The smallest absolute Gasteiger partial charge is 0.303 e. The zero-order valence-electron chi connectivity index (χ0n) is 15.4. The number of hydrogen-bond acceptors (Lipinski definition) is 2. The van der Waals surface area contributed by atoms with Crippen molar-refractivity contribution >= 4 is 17.7 Å². The van der Waals surface area contributed by atoms with Crippen LogP contribution in [-0.4, -0.2) is 22.6 Å². The summed E-state index contributed by atoms with van der Waals surface area (Å²) in [5.41, 5.74) is 0. The van der Waals surface area contributed by atoms with Gasteiger partial charge in [0.2, 0.25) is 0 Å². The zero-order valence-corrected chi connectivity index (χ0v) is 16.2. The molecule has 3 heteroatoms. The standard InChI is InChI=1S/C21H36O2S/c1-2-3-4-9-14-24-16-20-18-13-12-17(15-18)19(20)10-7-5-6-8-11-21(22)23/h5,7,17-20H,2-4,6,8-16H2,1H3,(H,22,23)/t17-,18+,19-,20+/m1/s1. The van der Waals surface area contributed by atoms with Crippen LogP contribution < -0.4 is 0 Å². The Labute approximate surface area is 152 Å². The van der Waals surface area contributed by atoms with E-state index in [0.717, 1.165) is 36.5 Å². The van der Waals surface area contributed by atoms with Crippen molar-refractivity contribution in [3.05, 3.63) is 12.2 Å². The number of unbranched alkanes of at least 4 members (excludes halogenated alkanes) is 4. The summed E-state index contributed by atoms with van der Waals surface area (Å²) in [7, 11) is 0. The normalized spacial score (nSPS) is 28.9. The van der Waals surface area contributed by atoms with Gasteiger partial charge in [-0.05, 0) is 80.1 Å². The Morgan fingerprint density at radius 3 is 2.62 bits per heavy atom. The molecule has 2 nitrogen and oxygen atoms in total. The van der Waals surface area contributed by atoms with Crippen LogP contribution in [0.15, 0.2) is 12.2 Å². The Morgan fingerprint density at radius 1 is 1.08 bits per heavy atom. The van der Waals surface area contributed by atoms with Gasteiger partial charge in [0.1, 0.15) is 0 Å². The molecule has 2 rings (SSSR count). The van der Waals surface area contributed by atoms with Gasteiger partial charge in [-0.1, -0.05) is 38.3 Å². The van der Waals surface area contributed by atoms with Crippen molar-refractivity contribution in [2.75, 3.05) is 11.5 Å². The summed E-state index contributed by atoms with van der Waals surface area (Å²) in [6, 6.07) is 0. The van der Waals surface area contributed by atoms with Gasteiger partial charge < -0.3 is 5.11 Å². The van der Waals surface area contributed by atoms with Gasteiger partial charge in [0, 0.05) is 6.42 Å². The molecule has 0 aliphatic heterocycles. The molecule has 2 bridgehead atoms. The van der Waals surface area contributed by atoms with Crippen LogP contribution in [0.25, 0.3) is 0 Å². The minimum atomic E-state index is -0.674. The molecule has 2 saturated carbocycles. The maximum Gasteiger partial charge on any atom is 0.303 e. The van der Waals surface area contributed by atoms with Crippen LogP contribution in [-0.2, 0) is 4.79 Å². The predicted molar refractivity (Wildman–Crippen MR) is 105 cm³/mol. The number of carbonyl (C=O) groups is 1. The number of carboxylic acid groups (broad SMARTS) is 1. The van der Waals surface area contributed by atoms with Crippen LogP contribution >= 0.6 is 11.8 Å². The molecule has 0 unspecified atom stereocenters. The summed E-state index contributed by atoms with van der Waals surface area (Å²) in [5.74, 6) is 5.89. The van der Waals surface area contributed by atoms with Crippen molar-refractivity contribution in [1.82, 2.24) is 0 Å². The fraction of sp³-hybridized carbons (Fsp3) is 0.857. The molecule has 2 aliphatic rings. The van der Waals surface area contributed by atoms with Gasteiger partial charge in [-0.3, -0.25) is 4.79 Å². The molecule has 4 atom stereocenters. The zero-order chi connectivity index (χ0) is 17.2. The van der Waals surface area contributed by atoms with E-state index >= 15 is 0 Å². The number of hydrogen-bond donors (Lipinski definition) is 1. The van der Waals surface area contributed by atoms with Crippen LogP contribution in [0.3, 0.4) is 0 Å². The minimum absolute atomic E-state index is 0.301. The molecular weight excluding hydrogens is 316 g/mol. The Morgan fingerprint density at radius 2 is 1.88 bits per heavy atom. The van der Waals surface area contributed by atoms with E-state index < -0.39 is 5.97 Å². The summed E-state index contributed by atoms with van der Waals surface area (Å²) < 4.78 is 0. The van der Waals surface area contributed by atoms with Crippen molar-refractivity contribution in [2.45, 2.75) is 77.6 Å². The van der Waals surface area contributed by atoms with Gasteiger partial charge in [-0.25, -0.2) is 0 Å². The summed E-state index contributed by atoms with van der Waals surface area (Å²) >= 11 is 2.21. The lowest BCUT2D eigenvalue weighted by molar-refractivity contribution is -0.137. The lowest BCUT2D eigenvalue weighted by Crippen LogP contribution is -2.24. The monoisotopic (exact) mass is 352 g/mol. The van der Waals surface area contributed by atoms with E-state index in [1.165, 1.54) is 62.9 Å². The second-order valence-electron chi connectivity index (χ2n) is 7.79. The topological polar surface area (TPSA) is 37.3 Å². The highest BCUT2D eigenvalue weighted by Crippen LogP contribution is 2.54. The molecule has 24 heavy (non-hydrogen) atoms. The van der Waals surface area contributed by atoms with E-state index in [-0.39, 0.29) is 0 Å². The van der Waals surface area contributed by atoms with Crippen LogP contribution in [0.2, 0.25) is 0 Å². The number of thioether (sulfide) groups is 1. The van der Waals surface area contributed by atoms with Crippen molar-refractivity contribution in [3.63, 3.8) is 0 Å². The molecule has 0 spiro atoms.